The SMILES string of the molecule is CCCCCCCCCCOc1cc(C#C[Si](C)(C)C)c(OCCCCCCCCCC)cc1I. The zero-order chi connectivity index (χ0) is 25.8. The highest BCUT2D eigenvalue weighted by molar-refractivity contribution is 14.1. The van der Waals surface area contributed by atoms with Gasteiger partial charge in [0, 0.05) is 6.07 Å². The first kappa shape index (κ1) is 32.4. The van der Waals surface area contributed by atoms with E-state index in [0.717, 1.165) is 46.7 Å². The summed E-state index contributed by atoms with van der Waals surface area (Å²) in [5, 5.41) is 0. The summed E-state index contributed by atoms with van der Waals surface area (Å²) in [6, 6.07) is 4.24. The minimum absolute atomic E-state index is 0.769. The molecule has 1 aromatic carbocycles. The fraction of sp³-hybridized carbons (Fsp3) is 0.742. The summed E-state index contributed by atoms with van der Waals surface area (Å²) in [5.41, 5.74) is 4.50. The Labute approximate surface area is 232 Å². The largest absolute Gasteiger partial charge is 0.492 e. The van der Waals surface area contributed by atoms with E-state index in [1.807, 2.05) is 0 Å². The molecule has 0 saturated heterocycles. The Hall–Kier alpha value is -0.673. The normalized spacial score (nSPS) is 11.3. The Balaban J connectivity index is 2.55. The molecular formula is C31H53IO2Si. The summed E-state index contributed by atoms with van der Waals surface area (Å²) >= 11 is 2.38. The van der Waals surface area contributed by atoms with Crippen molar-refractivity contribution in [2.45, 2.75) is 136 Å². The van der Waals surface area contributed by atoms with Crippen molar-refractivity contribution in [2.75, 3.05) is 13.2 Å². The zero-order valence-corrected chi connectivity index (χ0v) is 26.7. The van der Waals surface area contributed by atoms with E-state index in [9.17, 15) is 0 Å². The average Bonchev–Trinajstić information content (AvgIpc) is 2.81. The maximum absolute atomic E-state index is 6.23. The first-order chi connectivity index (χ1) is 16.9. The van der Waals surface area contributed by atoms with Crippen LogP contribution in [0.3, 0.4) is 0 Å². The Kier molecular flexibility index (Phi) is 18.9. The van der Waals surface area contributed by atoms with E-state index >= 15 is 0 Å². The molecule has 0 unspecified atom stereocenters. The summed E-state index contributed by atoms with van der Waals surface area (Å²) < 4.78 is 13.5. The van der Waals surface area contributed by atoms with Gasteiger partial charge in [-0.25, -0.2) is 0 Å². The lowest BCUT2D eigenvalue weighted by Crippen LogP contribution is -2.16. The molecule has 1 aromatic rings. The van der Waals surface area contributed by atoms with Gasteiger partial charge in [0.05, 0.1) is 22.3 Å². The Morgan fingerprint density at radius 2 is 1.06 bits per heavy atom. The van der Waals surface area contributed by atoms with Crippen LogP contribution in [0.5, 0.6) is 11.5 Å². The molecule has 200 valence electrons. The number of hydrogen-bond acceptors (Lipinski definition) is 2. The highest BCUT2D eigenvalue weighted by Crippen LogP contribution is 2.30. The van der Waals surface area contributed by atoms with Crippen LogP contribution in [0.25, 0.3) is 0 Å². The van der Waals surface area contributed by atoms with Gasteiger partial charge < -0.3 is 9.47 Å². The van der Waals surface area contributed by atoms with Gasteiger partial charge in [-0.15, -0.1) is 5.54 Å². The van der Waals surface area contributed by atoms with Gasteiger partial charge >= 0.3 is 0 Å². The number of halogens is 1. The third-order valence-electron chi connectivity index (χ3n) is 6.12. The number of benzene rings is 1. The third-order valence-corrected chi connectivity index (χ3v) is 7.84. The monoisotopic (exact) mass is 612 g/mol. The Morgan fingerprint density at radius 1 is 0.629 bits per heavy atom. The maximum Gasteiger partial charge on any atom is 0.136 e. The van der Waals surface area contributed by atoms with Crippen molar-refractivity contribution in [3.05, 3.63) is 21.3 Å². The van der Waals surface area contributed by atoms with Crippen LogP contribution in [-0.4, -0.2) is 21.3 Å². The lowest BCUT2D eigenvalue weighted by molar-refractivity contribution is 0.294. The van der Waals surface area contributed by atoms with Crippen LogP contribution in [0.1, 0.15) is 122 Å². The second-order valence-corrected chi connectivity index (χ2v) is 16.8. The van der Waals surface area contributed by atoms with Crippen LogP contribution < -0.4 is 9.47 Å². The Bertz CT molecular complexity index is 730. The third kappa shape index (κ3) is 17.4. The van der Waals surface area contributed by atoms with E-state index in [1.165, 1.54) is 89.9 Å². The van der Waals surface area contributed by atoms with Crippen molar-refractivity contribution in [3.63, 3.8) is 0 Å². The molecule has 1 rings (SSSR count). The maximum atomic E-state index is 6.23. The number of unbranched alkanes of at least 4 members (excludes halogenated alkanes) is 14. The first-order valence-corrected chi connectivity index (χ1v) is 19.1. The van der Waals surface area contributed by atoms with Gasteiger partial charge in [0.15, 0.2) is 0 Å². The second-order valence-electron chi connectivity index (χ2n) is 10.9. The topological polar surface area (TPSA) is 18.5 Å². The summed E-state index contributed by atoms with van der Waals surface area (Å²) in [4.78, 5) is 0. The summed E-state index contributed by atoms with van der Waals surface area (Å²) in [6.07, 6.45) is 21.0. The van der Waals surface area contributed by atoms with E-state index in [2.05, 4.69) is 79.7 Å². The fourth-order valence-electron chi connectivity index (χ4n) is 3.95. The predicted octanol–water partition coefficient (Wildman–Crippen LogP) is 10.6. The Morgan fingerprint density at radius 3 is 1.51 bits per heavy atom. The highest BCUT2D eigenvalue weighted by Gasteiger charge is 2.12. The number of hydrogen-bond donors (Lipinski definition) is 0. The van der Waals surface area contributed by atoms with Gasteiger partial charge in [0.2, 0.25) is 0 Å². The molecule has 0 aliphatic carbocycles. The molecule has 0 aliphatic rings. The highest BCUT2D eigenvalue weighted by atomic mass is 127. The van der Waals surface area contributed by atoms with Gasteiger partial charge in [0.25, 0.3) is 0 Å². The van der Waals surface area contributed by atoms with Crippen molar-refractivity contribution in [3.8, 4) is 23.0 Å². The average molecular weight is 613 g/mol. The van der Waals surface area contributed by atoms with Gasteiger partial charge in [-0.05, 0) is 41.5 Å². The zero-order valence-electron chi connectivity index (χ0n) is 23.6. The van der Waals surface area contributed by atoms with Crippen LogP contribution >= 0.6 is 22.6 Å². The van der Waals surface area contributed by atoms with Crippen LogP contribution in [0.4, 0.5) is 0 Å². The standard InChI is InChI=1S/C31H53IO2Si/c1-6-8-10-12-14-16-18-20-23-33-30-27-29(32)31(26-28(30)22-25-35(3,4)5)34-24-21-19-17-15-13-11-9-7-2/h26-27H,6-21,23-24H2,1-5H3. The van der Waals surface area contributed by atoms with Crippen LogP contribution in [-0.2, 0) is 0 Å². The summed E-state index contributed by atoms with van der Waals surface area (Å²) in [5.74, 6) is 5.31. The van der Waals surface area contributed by atoms with Gasteiger partial charge in [-0.3, -0.25) is 0 Å². The molecule has 2 nitrogen and oxygen atoms in total. The van der Waals surface area contributed by atoms with Crippen LogP contribution in [0.2, 0.25) is 19.6 Å². The van der Waals surface area contributed by atoms with Crippen molar-refractivity contribution in [2.24, 2.45) is 0 Å². The molecule has 0 N–H and O–H groups in total. The van der Waals surface area contributed by atoms with E-state index < -0.39 is 8.07 Å². The van der Waals surface area contributed by atoms with E-state index in [4.69, 9.17) is 9.47 Å². The van der Waals surface area contributed by atoms with Crippen molar-refractivity contribution in [1.82, 2.24) is 0 Å². The minimum Gasteiger partial charge on any atom is -0.492 e. The van der Waals surface area contributed by atoms with Crippen molar-refractivity contribution >= 4 is 30.7 Å². The van der Waals surface area contributed by atoms with Crippen molar-refractivity contribution in [1.29, 1.82) is 0 Å². The number of ether oxygens (including phenoxy) is 2. The summed E-state index contributed by atoms with van der Waals surface area (Å²) in [6.45, 7) is 13.0. The molecule has 35 heavy (non-hydrogen) atoms. The minimum atomic E-state index is -1.47. The lowest BCUT2D eigenvalue weighted by atomic mass is 10.1. The fourth-order valence-corrected chi connectivity index (χ4v) is 5.06. The van der Waals surface area contributed by atoms with E-state index in [-0.39, 0.29) is 0 Å². The molecule has 4 heteroatoms. The molecule has 0 aliphatic heterocycles. The molecule has 0 bridgehead atoms. The molecule has 0 fully saturated rings. The molecule has 0 spiro atoms. The molecule has 0 saturated carbocycles. The van der Waals surface area contributed by atoms with Gasteiger partial charge in [-0.1, -0.05) is 129 Å². The molecular weight excluding hydrogens is 559 g/mol. The van der Waals surface area contributed by atoms with Gasteiger partial charge in [-0.2, -0.15) is 0 Å². The number of rotatable bonds is 20. The van der Waals surface area contributed by atoms with Crippen LogP contribution in [0, 0.1) is 15.0 Å². The summed E-state index contributed by atoms with van der Waals surface area (Å²) in [7, 11) is -1.47. The smallest absolute Gasteiger partial charge is 0.136 e. The predicted molar refractivity (Wildman–Crippen MR) is 166 cm³/mol. The molecule has 0 radical (unpaired) electrons. The van der Waals surface area contributed by atoms with E-state index in [0.29, 0.717) is 0 Å². The second kappa shape index (κ2) is 20.4. The quantitative estimate of drug-likeness (QED) is 0.0631. The van der Waals surface area contributed by atoms with Crippen LogP contribution in [0.15, 0.2) is 12.1 Å². The molecule has 0 aromatic heterocycles. The lowest BCUT2D eigenvalue weighted by Gasteiger charge is -2.14. The molecule has 0 amide bonds. The van der Waals surface area contributed by atoms with Crippen molar-refractivity contribution < 1.29 is 9.47 Å². The van der Waals surface area contributed by atoms with E-state index in [1.54, 1.807) is 0 Å². The molecule has 0 heterocycles. The first-order valence-electron chi connectivity index (χ1n) is 14.5. The van der Waals surface area contributed by atoms with Gasteiger partial charge in [0.1, 0.15) is 19.6 Å². The molecule has 0 atom stereocenters.